The Balaban J connectivity index is 1.94. The van der Waals surface area contributed by atoms with Crippen molar-refractivity contribution >= 4 is 11.6 Å². The number of amides is 1. The highest BCUT2D eigenvalue weighted by atomic mass is 16.5. The van der Waals surface area contributed by atoms with Crippen molar-refractivity contribution in [2.24, 2.45) is 0 Å². The summed E-state index contributed by atoms with van der Waals surface area (Å²) in [5, 5.41) is 3.01. The molecule has 1 heterocycles. The average molecular weight is 276 g/mol. The SMILES string of the molecule is Cc1cccc(NC(=O)CN2C[C@@H](C)O[C@H](C)C2)c1C. The van der Waals surface area contributed by atoms with Crippen LogP contribution in [-0.4, -0.2) is 42.6 Å². The molecule has 4 heteroatoms. The minimum Gasteiger partial charge on any atom is -0.373 e. The first-order chi connectivity index (χ1) is 9.45. The van der Waals surface area contributed by atoms with Gasteiger partial charge >= 0.3 is 0 Å². The van der Waals surface area contributed by atoms with E-state index in [1.807, 2.05) is 32.9 Å². The number of ether oxygens (including phenoxy) is 1. The molecular weight excluding hydrogens is 252 g/mol. The summed E-state index contributed by atoms with van der Waals surface area (Å²) >= 11 is 0. The number of benzene rings is 1. The first-order valence-electron chi connectivity index (χ1n) is 7.19. The molecule has 1 aromatic carbocycles. The smallest absolute Gasteiger partial charge is 0.238 e. The summed E-state index contributed by atoms with van der Waals surface area (Å²) in [6, 6.07) is 5.97. The molecule has 0 saturated carbocycles. The lowest BCUT2D eigenvalue weighted by molar-refractivity contribution is -0.121. The van der Waals surface area contributed by atoms with E-state index >= 15 is 0 Å². The van der Waals surface area contributed by atoms with Crippen LogP contribution in [0.2, 0.25) is 0 Å². The molecule has 0 spiro atoms. The highest BCUT2D eigenvalue weighted by Gasteiger charge is 2.23. The third kappa shape index (κ3) is 3.81. The zero-order chi connectivity index (χ0) is 14.7. The van der Waals surface area contributed by atoms with Gasteiger partial charge in [0.25, 0.3) is 0 Å². The second kappa shape index (κ2) is 6.37. The molecule has 110 valence electrons. The summed E-state index contributed by atoms with van der Waals surface area (Å²) in [4.78, 5) is 14.3. The molecule has 1 N–H and O–H groups in total. The summed E-state index contributed by atoms with van der Waals surface area (Å²) in [5.74, 6) is 0.0417. The summed E-state index contributed by atoms with van der Waals surface area (Å²) < 4.78 is 5.68. The van der Waals surface area contributed by atoms with E-state index in [4.69, 9.17) is 4.74 Å². The Morgan fingerprint density at radius 2 is 1.95 bits per heavy atom. The third-order valence-corrected chi connectivity index (χ3v) is 3.74. The number of carbonyl (C=O) groups excluding carboxylic acids is 1. The van der Waals surface area contributed by atoms with Crippen LogP contribution in [0.5, 0.6) is 0 Å². The van der Waals surface area contributed by atoms with Gasteiger partial charge in [-0.05, 0) is 44.9 Å². The topological polar surface area (TPSA) is 41.6 Å². The molecule has 1 aliphatic rings. The van der Waals surface area contributed by atoms with Crippen LogP contribution in [0.25, 0.3) is 0 Å². The molecule has 0 radical (unpaired) electrons. The summed E-state index contributed by atoms with van der Waals surface area (Å²) in [6.45, 7) is 10.2. The van der Waals surface area contributed by atoms with E-state index in [0.29, 0.717) is 6.54 Å². The molecule has 0 aromatic heterocycles. The van der Waals surface area contributed by atoms with Gasteiger partial charge in [-0.1, -0.05) is 12.1 Å². The van der Waals surface area contributed by atoms with Crippen molar-refractivity contribution in [1.82, 2.24) is 4.90 Å². The normalized spacial score (nSPS) is 23.6. The van der Waals surface area contributed by atoms with E-state index in [9.17, 15) is 4.79 Å². The van der Waals surface area contributed by atoms with Gasteiger partial charge < -0.3 is 10.1 Å². The second-order valence-electron chi connectivity index (χ2n) is 5.75. The first kappa shape index (κ1) is 15.0. The largest absolute Gasteiger partial charge is 0.373 e. The van der Waals surface area contributed by atoms with Crippen molar-refractivity contribution in [2.75, 3.05) is 25.0 Å². The number of rotatable bonds is 3. The molecule has 1 fully saturated rings. The first-order valence-corrected chi connectivity index (χ1v) is 7.19. The molecule has 20 heavy (non-hydrogen) atoms. The molecule has 0 unspecified atom stereocenters. The van der Waals surface area contributed by atoms with E-state index in [2.05, 4.69) is 23.2 Å². The fraction of sp³-hybridized carbons (Fsp3) is 0.562. The Morgan fingerprint density at radius 3 is 2.60 bits per heavy atom. The van der Waals surface area contributed by atoms with Gasteiger partial charge in [0, 0.05) is 18.8 Å². The van der Waals surface area contributed by atoms with Gasteiger partial charge in [0.2, 0.25) is 5.91 Å². The molecule has 2 atom stereocenters. The molecule has 4 nitrogen and oxygen atoms in total. The Bertz CT molecular complexity index is 477. The summed E-state index contributed by atoms with van der Waals surface area (Å²) in [7, 11) is 0. The lowest BCUT2D eigenvalue weighted by atomic mass is 10.1. The molecular formula is C16H24N2O2. The Kier molecular flexibility index (Phi) is 4.78. The number of nitrogens with one attached hydrogen (secondary N) is 1. The molecule has 0 aliphatic carbocycles. The van der Waals surface area contributed by atoms with Gasteiger partial charge in [0.05, 0.1) is 18.8 Å². The van der Waals surface area contributed by atoms with Gasteiger partial charge in [-0.25, -0.2) is 0 Å². The van der Waals surface area contributed by atoms with Crippen LogP contribution in [0.1, 0.15) is 25.0 Å². The lowest BCUT2D eigenvalue weighted by Crippen LogP contribution is -2.48. The molecule has 1 aromatic rings. The minimum atomic E-state index is 0.0417. The predicted octanol–water partition coefficient (Wildman–Crippen LogP) is 2.35. The third-order valence-electron chi connectivity index (χ3n) is 3.74. The van der Waals surface area contributed by atoms with Crippen molar-refractivity contribution < 1.29 is 9.53 Å². The Morgan fingerprint density at radius 1 is 1.30 bits per heavy atom. The average Bonchev–Trinajstić information content (AvgIpc) is 2.33. The number of hydrogen-bond acceptors (Lipinski definition) is 3. The number of morpholine rings is 1. The van der Waals surface area contributed by atoms with Crippen LogP contribution < -0.4 is 5.32 Å². The molecule has 1 aliphatic heterocycles. The van der Waals surface area contributed by atoms with E-state index in [1.165, 1.54) is 5.56 Å². The zero-order valence-corrected chi connectivity index (χ0v) is 12.8. The zero-order valence-electron chi connectivity index (χ0n) is 12.8. The Labute approximate surface area is 121 Å². The van der Waals surface area contributed by atoms with Crippen molar-refractivity contribution in [3.05, 3.63) is 29.3 Å². The number of carbonyl (C=O) groups is 1. The highest BCUT2D eigenvalue weighted by molar-refractivity contribution is 5.93. The van der Waals surface area contributed by atoms with Crippen molar-refractivity contribution in [2.45, 2.75) is 39.9 Å². The quantitative estimate of drug-likeness (QED) is 0.921. The second-order valence-corrected chi connectivity index (χ2v) is 5.75. The van der Waals surface area contributed by atoms with Crippen molar-refractivity contribution in [3.8, 4) is 0 Å². The summed E-state index contributed by atoms with van der Waals surface area (Å²) in [6.07, 6.45) is 0.375. The van der Waals surface area contributed by atoms with Gasteiger partial charge in [-0.3, -0.25) is 9.69 Å². The van der Waals surface area contributed by atoms with E-state index in [-0.39, 0.29) is 18.1 Å². The maximum atomic E-state index is 12.2. The fourth-order valence-corrected chi connectivity index (χ4v) is 2.69. The van der Waals surface area contributed by atoms with Crippen LogP contribution >= 0.6 is 0 Å². The standard InChI is InChI=1S/C16H24N2O2/c1-11-6-5-7-15(14(11)4)17-16(19)10-18-8-12(2)20-13(3)9-18/h5-7,12-13H,8-10H2,1-4H3,(H,17,19)/t12-,13-/m1/s1. The molecule has 2 rings (SSSR count). The van der Waals surface area contributed by atoms with E-state index < -0.39 is 0 Å². The van der Waals surface area contributed by atoms with Crippen LogP contribution in [0.15, 0.2) is 18.2 Å². The Hall–Kier alpha value is -1.39. The molecule has 1 saturated heterocycles. The summed E-state index contributed by atoms with van der Waals surface area (Å²) in [5.41, 5.74) is 3.23. The van der Waals surface area contributed by atoms with Crippen LogP contribution in [0.4, 0.5) is 5.69 Å². The molecule has 1 amide bonds. The van der Waals surface area contributed by atoms with Crippen LogP contribution in [0, 0.1) is 13.8 Å². The van der Waals surface area contributed by atoms with Gasteiger partial charge in [-0.2, -0.15) is 0 Å². The number of hydrogen-bond donors (Lipinski definition) is 1. The number of aryl methyl sites for hydroxylation is 1. The lowest BCUT2D eigenvalue weighted by Gasteiger charge is -2.34. The number of anilines is 1. The van der Waals surface area contributed by atoms with Gasteiger partial charge in [0.1, 0.15) is 0 Å². The van der Waals surface area contributed by atoms with Crippen molar-refractivity contribution in [3.63, 3.8) is 0 Å². The van der Waals surface area contributed by atoms with Crippen LogP contribution in [-0.2, 0) is 9.53 Å². The maximum Gasteiger partial charge on any atom is 0.238 e. The van der Waals surface area contributed by atoms with E-state index in [1.54, 1.807) is 0 Å². The molecule has 0 bridgehead atoms. The van der Waals surface area contributed by atoms with Gasteiger partial charge in [-0.15, -0.1) is 0 Å². The highest BCUT2D eigenvalue weighted by Crippen LogP contribution is 2.18. The minimum absolute atomic E-state index is 0.0417. The number of nitrogens with zero attached hydrogens (tertiary/aromatic N) is 1. The monoisotopic (exact) mass is 276 g/mol. The van der Waals surface area contributed by atoms with Gasteiger partial charge in [0.15, 0.2) is 0 Å². The van der Waals surface area contributed by atoms with E-state index in [0.717, 1.165) is 24.3 Å². The fourth-order valence-electron chi connectivity index (χ4n) is 2.69. The van der Waals surface area contributed by atoms with Crippen LogP contribution in [0.3, 0.4) is 0 Å². The predicted molar refractivity (Wildman–Crippen MR) is 81.0 cm³/mol. The van der Waals surface area contributed by atoms with Crippen molar-refractivity contribution in [1.29, 1.82) is 0 Å². The maximum absolute atomic E-state index is 12.2.